The minimum atomic E-state index is -2.39. The molecule has 30 heavy (non-hydrogen) atoms. The van der Waals surface area contributed by atoms with Crippen LogP contribution < -0.4 is 0 Å². The largest absolute Gasteiger partial charge is 0.437 e. The average molecular weight is 475 g/mol. The summed E-state index contributed by atoms with van der Waals surface area (Å²) in [6.45, 7) is 12.6. The SMILES string of the molecule is C[Si](C)(CCCC1CC(=O)OC1=O)O[Si](C)(C)O[Si](C)(C)CCC1CC(=O)OC1=O. The number of hydrogen-bond acceptors (Lipinski definition) is 8. The molecular weight excluding hydrogens is 440 g/mol. The predicted octanol–water partition coefficient (Wildman–Crippen LogP) is 3.48. The first kappa shape index (κ1) is 25.1. The maximum Gasteiger partial charge on any atom is 0.317 e. The average Bonchev–Trinajstić information content (AvgIpc) is 3.03. The lowest BCUT2D eigenvalue weighted by atomic mass is 10.0. The van der Waals surface area contributed by atoms with Crippen molar-refractivity contribution >= 4 is 49.1 Å². The summed E-state index contributed by atoms with van der Waals surface area (Å²) in [5, 5.41) is 0. The van der Waals surface area contributed by atoms with E-state index in [1.54, 1.807) is 0 Å². The summed E-state index contributed by atoms with van der Waals surface area (Å²) < 4.78 is 22.3. The van der Waals surface area contributed by atoms with Crippen LogP contribution in [0.25, 0.3) is 0 Å². The van der Waals surface area contributed by atoms with E-state index in [0.717, 1.165) is 18.5 Å². The molecule has 0 spiro atoms. The lowest BCUT2D eigenvalue weighted by Crippen LogP contribution is -2.52. The molecule has 0 aromatic carbocycles. The van der Waals surface area contributed by atoms with Gasteiger partial charge in [-0.15, -0.1) is 0 Å². The van der Waals surface area contributed by atoms with Crippen LogP contribution in [0.1, 0.15) is 32.1 Å². The van der Waals surface area contributed by atoms with Crippen LogP contribution in [0.2, 0.25) is 51.4 Å². The first-order valence-electron chi connectivity index (χ1n) is 10.6. The van der Waals surface area contributed by atoms with Crippen LogP contribution in [0.4, 0.5) is 0 Å². The van der Waals surface area contributed by atoms with Gasteiger partial charge in [-0.25, -0.2) is 0 Å². The Kier molecular flexibility index (Phi) is 8.00. The van der Waals surface area contributed by atoms with Gasteiger partial charge in [0.15, 0.2) is 16.6 Å². The quantitative estimate of drug-likeness (QED) is 0.255. The third-order valence-corrected chi connectivity index (χ3v) is 16.8. The Morgan fingerprint density at radius 2 is 1.17 bits per heavy atom. The van der Waals surface area contributed by atoms with Crippen LogP contribution in [0.5, 0.6) is 0 Å². The monoisotopic (exact) mass is 474 g/mol. The standard InChI is InChI=1S/C19H34O8Si3/c1-28(2,10-7-8-14-12-16(20)24-18(14)22)26-30(5,6)27-29(3,4)11-9-15-13-17(21)25-19(15)23/h14-15H,7-13H2,1-6H3. The van der Waals surface area contributed by atoms with Crippen molar-refractivity contribution in [2.75, 3.05) is 0 Å². The first-order chi connectivity index (χ1) is 13.7. The number of hydrogen-bond donors (Lipinski definition) is 0. The van der Waals surface area contributed by atoms with E-state index in [-0.39, 0.29) is 24.7 Å². The molecule has 0 bridgehead atoms. The van der Waals surface area contributed by atoms with Crippen molar-refractivity contribution in [2.45, 2.75) is 83.5 Å². The molecule has 2 aliphatic rings. The molecule has 0 radical (unpaired) electrons. The molecule has 0 aliphatic carbocycles. The van der Waals surface area contributed by atoms with Crippen LogP contribution >= 0.6 is 0 Å². The Bertz CT molecular complexity index is 704. The van der Waals surface area contributed by atoms with Crippen LogP contribution in [-0.4, -0.2) is 49.1 Å². The fourth-order valence-electron chi connectivity index (χ4n) is 4.23. The Morgan fingerprint density at radius 3 is 1.60 bits per heavy atom. The number of esters is 4. The van der Waals surface area contributed by atoms with Crippen molar-refractivity contribution in [1.29, 1.82) is 0 Å². The van der Waals surface area contributed by atoms with E-state index in [9.17, 15) is 19.2 Å². The number of cyclic esters (lactones) is 4. The Hall–Kier alpha value is -1.15. The van der Waals surface area contributed by atoms with Gasteiger partial charge in [-0.1, -0.05) is 6.42 Å². The molecule has 0 saturated carbocycles. The molecule has 0 aromatic rings. The second-order valence-electron chi connectivity index (χ2n) is 9.94. The molecule has 0 N–H and O–H groups in total. The van der Waals surface area contributed by atoms with Gasteiger partial charge >= 0.3 is 32.4 Å². The summed E-state index contributed by atoms with van der Waals surface area (Å²) in [5.74, 6) is -2.35. The maximum absolute atomic E-state index is 11.7. The molecule has 11 heteroatoms. The van der Waals surface area contributed by atoms with E-state index >= 15 is 0 Å². The van der Waals surface area contributed by atoms with E-state index < -0.39 is 49.1 Å². The number of carbonyl (C=O) groups is 4. The topological polar surface area (TPSA) is 105 Å². The van der Waals surface area contributed by atoms with Crippen LogP contribution in [0.3, 0.4) is 0 Å². The highest BCUT2D eigenvalue weighted by Crippen LogP contribution is 2.30. The second-order valence-corrected chi connectivity index (χ2v) is 22.4. The fourth-order valence-corrected chi connectivity index (χ4v) is 18.3. The molecule has 0 amide bonds. The molecule has 2 saturated heterocycles. The predicted molar refractivity (Wildman–Crippen MR) is 116 cm³/mol. The molecule has 170 valence electrons. The summed E-state index contributed by atoms with van der Waals surface area (Å²) >= 11 is 0. The number of rotatable bonds is 11. The zero-order chi connectivity index (χ0) is 22.7. The summed E-state index contributed by atoms with van der Waals surface area (Å²) in [7, 11) is -6.49. The lowest BCUT2D eigenvalue weighted by Gasteiger charge is -2.39. The van der Waals surface area contributed by atoms with Crippen LogP contribution in [0, 0.1) is 11.8 Å². The third-order valence-electron chi connectivity index (χ3n) is 5.39. The highest BCUT2D eigenvalue weighted by Gasteiger charge is 2.41. The van der Waals surface area contributed by atoms with Crippen LogP contribution in [-0.2, 0) is 36.9 Å². The van der Waals surface area contributed by atoms with E-state index in [1.165, 1.54) is 0 Å². The van der Waals surface area contributed by atoms with Gasteiger partial charge in [0.25, 0.3) is 0 Å². The third kappa shape index (κ3) is 7.84. The van der Waals surface area contributed by atoms with Crippen molar-refractivity contribution < 1.29 is 36.9 Å². The number of carbonyl (C=O) groups excluding carboxylic acids is 4. The molecule has 2 unspecified atom stereocenters. The fraction of sp³-hybridized carbons (Fsp3) is 0.789. The summed E-state index contributed by atoms with van der Waals surface area (Å²) in [4.78, 5) is 45.8. The zero-order valence-corrected chi connectivity index (χ0v) is 21.9. The van der Waals surface area contributed by atoms with E-state index in [2.05, 4.69) is 48.8 Å². The van der Waals surface area contributed by atoms with Crippen molar-refractivity contribution in [1.82, 2.24) is 0 Å². The first-order valence-corrected chi connectivity index (χ1v) is 19.6. The van der Waals surface area contributed by atoms with Gasteiger partial charge in [-0.2, -0.15) is 0 Å². The molecule has 0 aromatic heterocycles. The lowest BCUT2D eigenvalue weighted by molar-refractivity contribution is -0.154. The maximum atomic E-state index is 11.7. The van der Waals surface area contributed by atoms with E-state index in [0.29, 0.717) is 12.8 Å². The Labute approximate surface area is 181 Å². The summed E-state index contributed by atoms with van der Waals surface area (Å²) in [5.41, 5.74) is 0. The molecule has 2 rings (SSSR count). The second kappa shape index (κ2) is 9.55. The van der Waals surface area contributed by atoms with Crippen LogP contribution in [0.15, 0.2) is 0 Å². The minimum absolute atomic E-state index is 0.167. The Morgan fingerprint density at radius 1 is 0.733 bits per heavy atom. The molecular formula is C19H34O8Si3. The molecule has 2 heterocycles. The molecule has 2 aliphatic heterocycles. The van der Waals surface area contributed by atoms with Gasteiger partial charge in [0, 0.05) is 0 Å². The summed E-state index contributed by atoms with van der Waals surface area (Å²) in [6, 6.07) is 1.64. The van der Waals surface area contributed by atoms with E-state index in [1.807, 2.05) is 0 Å². The molecule has 2 fully saturated rings. The van der Waals surface area contributed by atoms with E-state index in [4.69, 9.17) is 8.23 Å². The van der Waals surface area contributed by atoms with Gasteiger partial charge in [-0.05, 0) is 64.2 Å². The Balaban J connectivity index is 1.79. The van der Waals surface area contributed by atoms with Crippen molar-refractivity contribution in [3.8, 4) is 0 Å². The number of ether oxygens (including phenoxy) is 2. The highest BCUT2D eigenvalue weighted by molar-refractivity contribution is 6.87. The zero-order valence-electron chi connectivity index (χ0n) is 18.9. The van der Waals surface area contributed by atoms with Gasteiger partial charge in [-0.3, -0.25) is 19.2 Å². The van der Waals surface area contributed by atoms with Gasteiger partial charge in [0.1, 0.15) is 0 Å². The van der Waals surface area contributed by atoms with Crippen molar-refractivity contribution in [3.05, 3.63) is 0 Å². The van der Waals surface area contributed by atoms with Gasteiger partial charge in [0.2, 0.25) is 0 Å². The smallest absolute Gasteiger partial charge is 0.317 e. The highest BCUT2D eigenvalue weighted by atomic mass is 28.5. The molecule has 8 nitrogen and oxygen atoms in total. The van der Waals surface area contributed by atoms with Gasteiger partial charge < -0.3 is 17.7 Å². The van der Waals surface area contributed by atoms with Gasteiger partial charge in [0.05, 0.1) is 24.7 Å². The minimum Gasteiger partial charge on any atom is -0.437 e. The van der Waals surface area contributed by atoms with Crippen molar-refractivity contribution in [2.24, 2.45) is 11.8 Å². The van der Waals surface area contributed by atoms with Crippen molar-refractivity contribution in [3.63, 3.8) is 0 Å². The summed E-state index contributed by atoms with van der Waals surface area (Å²) in [6.07, 6.45) is 2.41. The normalized spacial score (nSPS) is 23.1. The molecule has 2 atom stereocenters.